The van der Waals surface area contributed by atoms with Crippen LogP contribution in [0.15, 0.2) is 0 Å². The van der Waals surface area contributed by atoms with E-state index in [2.05, 4.69) is 19.2 Å². The summed E-state index contributed by atoms with van der Waals surface area (Å²) < 4.78 is 33.3. The second-order valence-electron chi connectivity index (χ2n) is 35.5. The van der Waals surface area contributed by atoms with E-state index in [1.54, 1.807) is 62.3 Å². The van der Waals surface area contributed by atoms with Gasteiger partial charge in [0.25, 0.3) is 0 Å². The van der Waals surface area contributed by atoms with Crippen LogP contribution in [0.2, 0.25) is 0 Å². The molecule has 2 unspecified atom stereocenters. The summed E-state index contributed by atoms with van der Waals surface area (Å²) in [6, 6.07) is -2.31. The molecule has 560 valence electrons. The molecule has 0 aromatic heterocycles. The fourth-order valence-corrected chi connectivity index (χ4v) is 10.6. The van der Waals surface area contributed by atoms with Gasteiger partial charge >= 0.3 is 17.8 Å². The highest BCUT2D eigenvalue weighted by Gasteiger charge is 2.40. The minimum Gasteiger partial charge on any atom is -0.333 e. The molecule has 0 radical (unpaired) electrons. The SMILES string of the molecule is CC(C)C(=O)C(C)(C)C.CC(C)C(N)C(=O)C(C)(C)C.CC(C)CC(=O)C(C)(C)C.CC(C)S(=O)(=O)C(C)(C)C.CC(C)S(=O)C(C)(C)C.CC(C)[C@@H](N)C(=O)C(C)(C)C.CC(C)[C@H](N)C(=O)C(C)(C)C.CCN1CCN(C(=O)N[C@@H](C(=O)C(C)(C)C)C(C)C)C(=O)C1=O. The van der Waals surface area contributed by atoms with E-state index in [1.807, 2.05) is 208 Å². The van der Waals surface area contributed by atoms with Gasteiger partial charge in [0.05, 0.1) is 34.2 Å². The summed E-state index contributed by atoms with van der Waals surface area (Å²) in [6.45, 7) is 78.9. The van der Waals surface area contributed by atoms with Crippen molar-refractivity contribution in [3.8, 4) is 0 Å². The first-order valence-electron chi connectivity index (χ1n) is 34.1. The number of piperazine rings is 1. The van der Waals surface area contributed by atoms with Crippen LogP contribution in [0.1, 0.15) is 290 Å². The van der Waals surface area contributed by atoms with Gasteiger partial charge in [0.15, 0.2) is 33.0 Å². The molecule has 20 heteroatoms. The fourth-order valence-electron chi connectivity index (χ4n) is 7.75. The van der Waals surface area contributed by atoms with Crippen molar-refractivity contribution >= 4 is 73.2 Å². The number of rotatable bonds is 15. The van der Waals surface area contributed by atoms with E-state index in [0.29, 0.717) is 37.0 Å². The van der Waals surface area contributed by atoms with Gasteiger partial charge in [0.1, 0.15) is 11.6 Å². The van der Waals surface area contributed by atoms with Crippen LogP contribution in [-0.2, 0) is 59.0 Å². The Labute approximate surface area is 580 Å². The maximum atomic E-state index is 12.5. The molecule has 7 N–H and O–H groups in total. The van der Waals surface area contributed by atoms with Crippen molar-refractivity contribution in [2.75, 3.05) is 19.6 Å². The lowest BCUT2D eigenvalue weighted by atomic mass is 9.82. The molecule has 94 heavy (non-hydrogen) atoms. The van der Waals surface area contributed by atoms with E-state index < -0.39 is 54.7 Å². The van der Waals surface area contributed by atoms with Gasteiger partial charge in [-0.15, -0.1) is 0 Å². The van der Waals surface area contributed by atoms with Gasteiger partial charge in [-0.3, -0.25) is 47.5 Å². The molecule has 18 nitrogen and oxygen atoms in total. The van der Waals surface area contributed by atoms with E-state index in [9.17, 15) is 55.8 Å². The summed E-state index contributed by atoms with van der Waals surface area (Å²) >= 11 is 0. The van der Waals surface area contributed by atoms with Gasteiger partial charge in [0.2, 0.25) is 0 Å². The molecule has 0 saturated carbocycles. The van der Waals surface area contributed by atoms with Gasteiger partial charge in [0, 0.05) is 85.3 Å². The first kappa shape index (κ1) is 104. The van der Waals surface area contributed by atoms with Crippen LogP contribution in [0.3, 0.4) is 0 Å². The second-order valence-corrected chi connectivity index (χ2v) is 41.5. The van der Waals surface area contributed by atoms with Gasteiger partial charge < -0.3 is 27.4 Å². The Bertz CT molecular complexity index is 2340. The number of carbonyl (C=O) groups excluding carboxylic acids is 9. The molecule has 1 heterocycles. The average Bonchev–Trinajstić information content (AvgIpc) is 0.825. The predicted octanol–water partition coefficient (Wildman–Crippen LogP) is 14.2. The highest BCUT2D eigenvalue weighted by molar-refractivity contribution is 7.93. The van der Waals surface area contributed by atoms with E-state index in [1.165, 1.54) is 4.90 Å². The number of nitrogens with one attached hydrogen (secondary N) is 1. The Balaban J connectivity index is -0.000000189. The number of hydrogen-bond donors (Lipinski definition) is 4. The summed E-state index contributed by atoms with van der Waals surface area (Å²) in [5.74, 6) is 0.762. The van der Waals surface area contributed by atoms with Crippen LogP contribution in [0.5, 0.6) is 0 Å². The second kappa shape index (κ2) is 43.1. The zero-order valence-electron chi connectivity index (χ0n) is 68.1. The monoisotopic (exact) mass is 1380 g/mol. The minimum absolute atomic E-state index is 0.0475. The molecule has 0 spiro atoms. The van der Waals surface area contributed by atoms with Gasteiger partial charge in [-0.2, -0.15) is 0 Å². The highest BCUT2D eigenvalue weighted by atomic mass is 32.2. The van der Waals surface area contributed by atoms with Crippen molar-refractivity contribution in [1.82, 2.24) is 15.1 Å². The molecule has 0 aromatic carbocycles. The number of ketones is 6. The van der Waals surface area contributed by atoms with E-state index in [4.69, 9.17) is 17.2 Å². The number of sulfone groups is 1. The lowest BCUT2D eigenvalue weighted by Gasteiger charge is -2.34. The minimum atomic E-state index is -2.91. The Morgan fingerprint density at radius 2 is 0.755 bits per heavy atom. The summed E-state index contributed by atoms with van der Waals surface area (Å²) in [5.41, 5.74) is 15.3. The number of urea groups is 1. The first-order chi connectivity index (χ1) is 41.0. The number of nitrogens with two attached hydrogens (primary N) is 3. The van der Waals surface area contributed by atoms with Gasteiger partial charge in [-0.25, -0.2) is 13.2 Å². The van der Waals surface area contributed by atoms with E-state index >= 15 is 0 Å². The standard InChI is InChI=1S/C16H27N3O4.3C9H19NO.C9H18O.C8H16O.C7H16O2S.C7H16OS/c1-7-18-8-9-19(14(22)13(18)21)15(23)17-11(10(2)3)12(20)16(4,5)6;3*1-6(2)7(10)8(11)9(3,4)5;1-7(2)6-8(10)9(3,4)5;1-6(2)7(9)8(3,4)5;1-6(2)10(8,9)7(3,4)5;1-6(2)9(8)7(3,4)5/h10-11H,7-9H2,1-6H3,(H,17,23);3*6-7H,10H2,1-5H3;7H,6H2,1-5H3;6H,1-5H3;6H,1-5H3;6H,1-5H3/t11-;2*7-;;;;;/m110...../s1. The van der Waals surface area contributed by atoms with Crippen molar-refractivity contribution in [3.05, 3.63) is 0 Å². The number of hydrogen-bond acceptors (Lipinski definition) is 15. The molecule has 0 aromatic rings. The van der Waals surface area contributed by atoms with Crippen molar-refractivity contribution in [1.29, 1.82) is 0 Å². The molecule has 0 bridgehead atoms. The molecular weight excluding hydrogens is 1230 g/mol. The summed E-state index contributed by atoms with van der Waals surface area (Å²) in [4.78, 5) is 108. The first-order valence-corrected chi connectivity index (χ1v) is 36.9. The number of Topliss-reactive ketones (excluding diaryl/α,β-unsaturated/α-hetero) is 6. The third kappa shape index (κ3) is 43.6. The molecule has 4 amide bonds. The fraction of sp³-hybridized carbons (Fsp3) is 0.878. The Morgan fingerprint density at radius 3 is 0.883 bits per heavy atom. The van der Waals surface area contributed by atoms with Crippen LogP contribution in [0, 0.1) is 68.0 Å². The normalized spacial score (nSPS) is 15.1. The number of carbonyl (C=O) groups is 9. The highest BCUT2D eigenvalue weighted by Crippen LogP contribution is 2.25. The topological polar surface area (TPSA) is 301 Å². The van der Waals surface area contributed by atoms with Crippen LogP contribution in [-0.4, -0.2) is 139 Å². The van der Waals surface area contributed by atoms with Crippen LogP contribution >= 0.6 is 0 Å². The van der Waals surface area contributed by atoms with Crippen LogP contribution in [0.4, 0.5) is 4.79 Å². The zero-order valence-corrected chi connectivity index (χ0v) is 69.7. The zero-order chi connectivity index (χ0) is 77.9. The Hall–Kier alpha value is -3.59. The van der Waals surface area contributed by atoms with Crippen molar-refractivity contribution < 1.29 is 55.8 Å². The van der Waals surface area contributed by atoms with Crippen molar-refractivity contribution in [3.63, 3.8) is 0 Å². The van der Waals surface area contributed by atoms with Gasteiger partial charge in [-0.1, -0.05) is 222 Å². The third-order valence-electron chi connectivity index (χ3n) is 14.4. The van der Waals surface area contributed by atoms with E-state index in [0.717, 1.165) is 4.90 Å². The molecule has 1 aliphatic heterocycles. The molecule has 1 saturated heterocycles. The van der Waals surface area contributed by atoms with Crippen LogP contribution in [0.25, 0.3) is 0 Å². The molecule has 5 atom stereocenters. The molecule has 0 aliphatic carbocycles. The third-order valence-corrected chi connectivity index (χ3v) is 19.4. The lowest BCUT2D eigenvalue weighted by molar-refractivity contribution is -0.153. The summed E-state index contributed by atoms with van der Waals surface area (Å²) in [7, 11) is -3.60. The number of amides is 4. The van der Waals surface area contributed by atoms with Crippen LogP contribution < -0.4 is 22.5 Å². The predicted molar refractivity (Wildman–Crippen MR) is 397 cm³/mol. The average molecular weight is 1380 g/mol. The molecule has 1 fully saturated rings. The van der Waals surface area contributed by atoms with E-state index in [-0.39, 0.29) is 120 Å². The quantitative estimate of drug-likeness (QED) is 0.111. The number of nitrogens with zero attached hydrogens (tertiary/aromatic N) is 2. The van der Waals surface area contributed by atoms with Gasteiger partial charge in [-0.05, 0) is 91.9 Å². The molecular formula is C74H150N6O12S2. The Kier molecular flexibility index (Phi) is 47.6. The lowest BCUT2D eigenvalue weighted by Crippen LogP contribution is -2.60. The summed E-state index contributed by atoms with van der Waals surface area (Å²) in [6.07, 6.45) is 0.712. The smallest absolute Gasteiger partial charge is 0.325 e. The number of likely N-dealkylation sites (N-methyl/N-ethyl adjacent to an activating group) is 1. The largest absolute Gasteiger partial charge is 0.333 e. The number of imide groups is 1. The molecule has 1 aliphatic rings. The maximum Gasteiger partial charge on any atom is 0.325 e. The summed E-state index contributed by atoms with van der Waals surface area (Å²) in [5, 5.41) is 2.63. The van der Waals surface area contributed by atoms with Crippen molar-refractivity contribution in [2.24, 2.45) is 85.2 Å². The van der Waals surface area contributed by atoms with Crippen molar-refractivity contribution in [2.45, 2.75) is 334 Å². The molecule has 1 rings (SSSR count). The maximum absolute atomic E-state index is 12.5. The Morgan fingerprint density at radius 1 is 0.457 bits per heavy atom.